The van der Waals surface area contributed by atoms with Gasteiger partial charge < -0.3 is 9.26 Å². The van der Waals surface area contributed by atoms with Crippen LogP contribution in [0.15, 0.2) is 47.0 Å². The molecule has 0 aliphatic rings. The van der Waals surface area contributed by atoms with Crippen molar-refractivity contribution in [3.63, 3.8) is 0 Å². The Balaban J connectivity index is 1.88. The summed E-state index contributed by atoms with van der Waals surface area (Å²) in [6.07, 6.45) is 0. The molecule has 7 heteroatoms. The zero-order chi connectivity index (χ0) is 18.0. The number of rotatable bonds is 4. The van der Waals surface area contributed by atoms with E-state index in [1.807, 2.05) is 0 Å². The van der Waals surface area contributed by atoms with Gasteiger partial charge in [0.2, 0.25) is 0 Å². The second-order valence-corrected chi connectivity index (χ2v) is 5.67. The molecule has 0 N–H and O–H groups in total. The maximum Gasteiger partial charge on any atom is 0.344 e. The number of ether oxygens (including phenoxy) is 1. The van der Waals surface area contributed by atoms with E-state index in [1.165, 1.54) is 49.4 Å². The molecule has 1 heterocycles. The summed E-state index contributed by atoms with van der Waals surface area (Å²) in [7, 11) is 0. The van der Waals surface area contributed by atoms with Crippen LogP contribution in [0.5, 0.6) is 0 Å². The van der Waals surface area contributed by atoms with Gasteiger partial charge in [0, 0.05) is 0 Å². The van der Waals surface area contributed by atoms with Crippen LogP contribution >= 0.6 is 11.6 Å². The highest BCUT2D eigenvalue weighted by Crippen LogP contribution is 2.33. The predicted octanol–water partition coefficient (Wildman–Crippen LogP) is 4.94. The lowest BCUT2D eigenvalue weighted by Crippen LogP contribution is -2.08. The smallest absolute Gasteiger partial charge is 0.344 e. The Morgan fingerprint density at radius 1 is 1.20 bits per heavy atom. The molecule has 0 aliphatic heterocycles. The van der Waals surface area contributed by atoms with Gasteiger partial charge in [-0.15, -0.1) is 0 Å². The van der Waals surface area contributed by atoms with E-state index in [-0.39, 0.29) is 40.0 Å². The Labute approximate surface area is 147 Å². The second kappa shape index (κ2) is 7.03. The maximum atomic E-state index is 14.1. The van der Waals surface area contributed by atoms with Crippen molar-refractivity contribution in [1.82, 2.24) is 5.16 Å². The van der Waals surface area contributed by atoms with Crippen LogP contribution in [0, 0.1) is 18.6 Å². The average Bonchev–Trinajstić information content (AvgIpc) is 2.95. The Morgan fingerprint density at radius 3 is 2.60 bits per heavy atom. The average molecular weight is 364 g/mol. The summed E-state index contributed by atoms with van der Waals surface area (Å²) >= 11 is 6.03. The quantitative estimate of drug-likeness (QED) is 0.616. The minimum Gasteiger partial charge on any atom is -0.457 e. The predicted molar refractivity (Wildman–Crippen MR) is 87.2 cm³/mol. The molecule has 0 bridgehead atoms. The highest BCUT2D eigenvalue weighted by atomic mass is 35.5. The van der Waals surface area contributed by atoms with E-state index in [4.69, 9.17) is 20.9 Å². The molecule has 0 fully saturated rings. The molecular formula is C18H12ClF2NO3. The van der Waals surface area contributed by atoms with Gasteiger partial charge in [-0.1, -0.05) is 35.0 Å². The van der Waals surface area contributed by atoms with Crippen molar-refractivity contribution in [3.8, 4) is 11.3 Å². The minimum absolute atomic E-state index is 0.00545. The van der Waals surface area contributed by atoms with Crippen molar-refractivity contribution < 1.29 is 22.8 Å². The first-order valence-corrected chi connectivity index (χ1v) is 7.67. The summed E-state index contributed by atoms with van der Waals surface area (Å²) in [6.45, 7) is 1.44. The standard InChI is InChI=1S/C18H12ClF2NO3/c1-10-15(18(23)24-9-11-5-7-12(20)8-6-11)17(22-25-10)16-13(19)3-2-4-14(16)21/h2-8H,9H2,1H3. The number of hydrogen-bond donors (Lipinski definition) is 0. The highest BCUT2D eigenvalue weighted by Gasteiger charge is 2.26. The molecule has 2 aromatic carbocycles. The molecule has 1 aromatic heterocycles. The van der Waals surface area contributed by atoms with Gasteiger partial charge in [-0.25, -0.2) is 13.6 Å². The van der Waals surface area contributed by atoms with E-state index >= 15 is 0 Å². The summed E-state index contributed by atoms with van der Waals surface area (Å²) in [5.41, 5.74) is 0.544. The fourth-order valence-electron chi connectivity index (χ4n) is 2.31. The lowest BCUT2D eigenvalue weighted by atomic mass is 10.1. The van der Waals surface area contributed by atoms with Crippen LogP contribution in [0.4, 0.5) is 8.78 Å². The first-order chi connectivity index (χ1) is 12.0. The Bertz CT molecular complexity index is 902. The van der Waals surface area contributed by atoms with Gasteiger partial charge in [0.15, 0.2) is 0 Å². The Hall–Kier alpha value is -2.73. The zero-order valence-corrected chi connectivity index (χ0v) is 13.8. The van der Waals surface area contributed by atoms with E-state index in [0.29, 0.717) is 5.56 Å². The van der Waals surface area contributed by atoms with Crippen LogP contribution in [-0.4, -0.2) is 11.1 Å². The van der Waals surface area contributed by atoms with E-state index in [1.54, 1.807) is 0 Å². The first-order valence-electron chi connectivity index (χ1n) is 7.29. The summed E-state index contributed by atoms with van der Waals surface area (Å²) in [5, 5.41) is 3.84. The van der Waals surface area contributed by atoms with Gasteiger partial charge in [-0.05, 0) is 36.8 Å². The van der Waals surface area contributed by atoms with Crippen LogP contribution in [-0.2, 0) is 11.3 Å². The third-order valence-corrected chi connectivity index (χ3v) is 3.86. The first kappa shape index (κ1) is 17.1. The normalized spacial score (nSPS) is 10.7. The third kappa shape index (κ3) is 3.53. The lowest BCUT2D eigenvalue weighted by molar-refractivity contribution is 0.0471. The van der Waals surface area contributed by atoms with Crippen molar-refractivity contribution >= 4 is 17.6 Å². The third-order valence-electron chi connectivity index (χ3n) is 3.55. The molecule has 0 amide bonds. The van der Waals surface area contributed by atoms with Crippen molar-refractivity contribution in [2.75, 3.05) is 0 Å². The highest BCUT2D eigenvalue weighted by molar-refractivity contribution is 6.33. The number of carbonyl (C=O) groups excluding carboxylic acids is 1. The van der Waals surface area contributed by atoms with Gasteiger partial charge in [0.05, 0.1) is 10.6 Å². The van der Waals surface area contributed by atoms with E-state index in [2.05, 4.69) is 5.16 Å². The Morgan fingerprint density at radius 2 is 1.92 bits per heavy atom. The van der Waals surface area contributed by atoms with Crippen LogP contribution < -0.4 is 0 Å². The SMILES string of the molecule is Cc1onc(-c2c(F)cccc2Cl)c1C(=O)OCc1ccc(F)cc1. The second-order valence-electron chi connectivity index (χ2n) is 5.26. The molecule has 0 atom stereocenters. The van der Waals surface area contributed by atoms with Crippen molar-refractivity contribution in [1.29, 1.82) is 0 Å². The number of carbonyl (C=O) groups is 1. The molecule has 0 radical (unpaired) electrons. The van der Waals surface area contributed by atoms with Crippen molar-refractivity contribution in [2.24, 2.45) is 0 Å². The lowest BCUT2D eigenvalue weighted by Gasteiger charge is -2.07. The number of aryl methyl sites for hydroxylation is 1. The number of nitrogens with zero attached hydrogens (tertiary/aromatic N) is 1. The van der Waals surface area contributed by atoms with Crippen LogP contribution in [0.3, 0.4) is 0 Å². The van der Waals surface area contributed by atoms with E-state index in [9.17, 15) is 13.6 Å². The van der Waals surface area contributed by atoms with Gasteiger partial charge in [-0.3, -0.25) is 0 Å². The van der Waals surface area contributed by atoms with Crippen molar-refractivity contribution in [2.45, 2.75) is 13.5 Å². The number of aromatic nitrogens is 1. The molecule has 0 saturated carbocycles. The monoisotopic (exact) mass is 363 g/mol. The van der Waals surface area contributed by atoms with Gasteiger partial charge in [0.25, 0.3) is 0 Å². The largest absolute Gasteiger partial charge is 0.457 e. The van der Waals surface area contributed by atoms with Crippen molar-refractivity contribution in [3.05, 3.63) is 76.0 Å². The topological polar surface area (TPSA) is 52.3 Å². The molecule has 4 nitrogen and oxygen atoms in total. The fourth-order valence-corrected chi connectivity index (χ4v) is 2.56. The van der Waals surface area contributed by atoms with E-state index in [0.717, 1.165) is 0 Å². The van der Waals surface area contributed by atoms with E-state index < -0.39 is 11.8 Å². The van der Waals surface area contributed by atoms with Crippen LogP contribution in [0.25, 0.3) is 11.3 Å². The fraction of sp³-hybridized carbons (Fsp3) is 0.111. The number of esters is 1. The maximum absolute atomic E-state index is 14.1. The summed E-state index contributed by atoms with van der Waals surface area (Å²) in [5.74, 6) is -1.58. The molecule has 128 valence electrons. The van der Waals surface area contributed by atoms with Gasteiger partial charge in [0.1, 0.15) is 35.3 Å². The molecule has 3 rings (SSSR count). The summed E-state index contributed by atoms with van der Waals surface area (Å²) in [6, 6.07) is 9.66. The van der Waals surface area contributed by atoms with Crippen LogP contribution in [0.1, 0.15) is 21.7 Å². The van der Waals surface area contributed by atoms with Gasteiger partial charge >= 0.3 is 5.97 Å². The Kier molecular flexibility index (Phi) is 4.81. The molecule has 0 unspecified atom stereocenters. The molecule has 25 heavy (non-hydrogen) atoms. The molecule has 0 saturated heterocycles. The minimum atomic E-state index is -0.739. The van der Waals surface area contributed by atoms with Gasteiger partial charge in [-0.2, -0.15) is 0 Å². The number of benzene rings is 2. The van der Waals surface area contributed by atoms with Crippen LogP contribution in [0.2, 0.25) is 5.02 Å². The summed E-state index contributed by atoms with van der Waals surface area (Å²) < 4.78 is 37.3. The number of hydrogen-bond acceptors (Lipinski definition) is 4. The summed E-state index contributed by atoms with van der Waals surface area (Å²) in [4.78, 5) is 12.4. The molecule has 0 spiro atoms. The zero-order valence-electron chi connectivity index (χ0n) is 13.1. The molecular weight excluding hydrogens is 352 g/mol. The molecule has 3 aromatic rings. The molecule has 0 aliphatic carbocycles. The number of halogens is 3.